The van der Waals surface area contributed by atoms with Gasteiger partial charge < -0.3 is 11.1 Å². The van der Waals surface area contributed by atoms with E-state index >= 15 is 0 Å². The molecule has 4 aromatic heterocycles. The molecule has 2 amide bonds. The number of carbonyl (C=O) groups is 2. The van der Waals surface area contributed by atoms with Gasteiger partial charge in [0.25, 0.3) is 12.3 Å². The zero-order chi connectivity index (χ0) is 28.3. The zero-order valence-corrected chi connectivity index (χ0v) is 22.5. The molecular weight excluding hydrogens is 601 g/mol. The Morgan fingerprint density at radius 3 is 2.34 bits per heavy atom. The van der Waals surface area contributed by atoms with Gasteiger partial charge in [-0.3, -0.25) is 19.0 Å². The third-order valence-electron chi connectivity index (χ3n) is 5.99. The molecule has 0 aliphatic heterocycles. The average molecular weight is 620 g/mol. The Labute approximate surface area is 223 Å². The number of rotatable bonds is 6. The summed E-state index contributed by atoms with van der Waals surface area (Å²) in [6.07, 6.45) is -6.26. The zero-order valence-electron chi connectivity index (χ0n) is 20.1. The van der Waals surface area contributed by atoms with Crippen LogP contribution in [0, 0.1) is 13.8 Å². The first kappa shape index (κ1) is 27.6. The molecule has 0 radical (unpaired) electrons. The highest BCUT2D eigenvalue weighted by molar-refractivity contribution is 9.10. The van der Waals surface area contributed by atoms with Crippen LogP contribution in [0.4, 0.5) is 27.6 Å². The molecular formula is C22H19BrF5N7O2S. The van der Waals surface area contributed by atoms with Crippen LogP contribution in [0.1, 0.15) is 51.8 Å². The van der Waals surface area contributed by atoms with Crippen LogP contribution in [0.3, 0.4) is 0 Å². The normalized spacial score (nSPS) is 12.9. The van der Waals surface area contributed by atoms with Crippen molar-refractivity contribution in [3.63, 3.8) is 0 Å². The Morgan fingerprint density at radius 2 is 1.84 bits per heavy atom. The molecule has 0 aromatic carbocycles. The van der Waals surface area contributed by atoms with Crippen molar-refractivity contribution in [3.05, 3.63) is 44.4 Å². The summed E-state index contributed by atoms with van der Waals surface area (Å²) < 4.78 is 69.5. The van der Waals surface area contributed by atoms with E-state index in [1.54, 1.807) is 14.0 Å². The number of alkyl halides is 5. The van der Waals surface area contributed by atoms with E-state index in [0.29, 0.717) is 22.6 Å². The Bertz CT molecular complexity index is 1590. The van der Waals surface area contributed by atoms with E-state index in [-0.39, 0.29) is 36.5 Å². The van der Waals surface area contributed by atoms with E-state index < -0.39 is 41.8 Å². The summed E-state index contributed by atoms with van der Waals surface area (Å²) in [6.45, 7) is 4.37. The Morgan fingerprint density at radius 1 is 1.18 bits per heavy atom. The fraction of sp³-hybridized carbons (Fsp3) is 0.318. The molecule has 16 heteroatoms. The second-order valence-corrected chi connectivity index (χ2v) is 10.2. The van der Waals surface area contributed by atoms with Crippen LogP contribution >= 0.6 is 27.3 Å². The Balaban J connectivity index is 1.88. The number of halogens is 6. The number of amides is 2. The molecule has 0 bridgehead atoms. The number of thiophene rings is 1. The highest BCUT2D eigenvalue weighted by atomic mass is 79.9. The average Bonchev–Trinajstić information content (AvgIpc) is 3.46. The van der Waals surface area contributed by atoms with Crippen molar-refractivity contribution in [2.45, 2.75) is 39.4 Å². The van der Waals surface area contributed by atoms with Gasteiger partial charge in [-0.2, -0.15) is 23.4 Å². The molecule has 1 unspecified atom stereocenters. The van der Waals surface area contributed by atoms with E-state index in [2.05, 4.69) is 36.4 Å². The van der Waals surface area contributed by atoms with Crippen molar-refractivity contribution in [1.29, 1.82) is 0 Å². The van der Waals surface area contributed by atoms with E-state index in [4.69, 9.17) is 5.73 Å². The molecule has 0 saturated heterocycles. The highest BCUT2D eigenvalue weighted by Crippen LogP contribution is 2.43. The molecule has 3 N–H and O–H groups in total. The molecule has 38 heavy (non-hydrogen) atoms. The number of fused-ring (bicyclic) bond motifs is 1. The Kier molecular flexibility index (Phi) is 7.07. The summed E-state index contributed by atoms with van der Waals surface area (Å²) in [6, 6.07) is -0.132. The summed E-state index contributed by atoms with van der Waals surface area (Å²) in [5.41, 5.74) is 4.99. The fourth-order valence-corrected chi connectivity index (χ4v) is 5.39. The summed E-state index contributed by atoms with van der Waals surface area (Å²) in [4.78, 5) is 29.4. The molecule has 9 nitrogen and oxygen atoms in total. The van der Waals surface area contributed by atoms with Crippen molar-refractivity contribution in [2.24, 2.45) is 12.8 Å². The van der Waals surface area contributed by atoms with Gasteiger partial charge in [-0.1, -0.05) is 0 Å². The number of carbonyl (C=O) groups excluding carboxylic acids is 2. The van der Waals surface area contributed by atoms with Gasteiger partial charge in [0.05, 0.1) is 22.1 Å². The fourth-order valence-electron chi connectivity index (χ4n) is 3.89. The van der Waals surface area contributed by atoms with Gasteiger partial charge in [0.15, 0.2) is 5.69 Å². The molecule has 4 heterocycles. The molecule has 0 fully saturated rings. The van der Waals surface area contributed by atoms with Crippen molar-refractivity contribution in [3.8, 4) is 11.1 Å². The number of aromatic nitrogens is 5. The number of aryl methyl sites for hydroxylation is 1. The van der Waals surface area contributed by atoms with Crippen LogP contribution in [0.15, 0.2) is 16.7 Å². The van der Waals surface area contributed by atoms with Gasteiger partial charge in [-0.25, -0.2) is 13.8 Å². The monoisotopic (exact) mass is 619 g/mol. The minimum absolute atomic E-state index is 0.00942. The van der Waals surface area contributed by atoms with Gasteiger partial charge in [0, 0.05) is 23.7 Å². The van der Waals surface area contributed by atoms with Crippen molar-refractivity contribution in [1.82, 2.24) is 24.5 Å². The second kappa shape index (κ2) is 9.72. The number of nitrogens with zero attached hydrogens (tertiary/aromatic N) is 5. The van der Waals surface area contributed by atoms with Gasteiger partial charge in [-0.05, 0) is 48.3 Å². The predicted molar refractivity (Wildman–Crippen MR) is 133 cm³/mol. The lowest BCUT2D eigenvalue weighted by atomic mass is 10.0. The number of primary amides is 1. The van der Waals surface area contributed by atoms with Gasteiger partial charge in [0.1, 0.15) is 21.4 Å². The summed E-state index contributed by atoms with van der Waals surface area (Å²) in [5, 5.41) is 10.4. The maximum absolute atomic E-state index is 13.7. The highest BCUT2D eigenvalue weighted by Gasteiger charge is 2.39. The van der Waals surface area contributed by atoms with Crippen LogP contribution in [0.25, 0.3) is 21.3 Å². The lowest BCUT2D eigenvalue weighted by Crippen LogP contribution is -2.26. The first-order valence-electron chi connectivity index (χ1n) is 10.8. The lowest BCUT2D eigenvalue weighted by Gasteiger charge is -2.16. The first-order chi connectivity index (χ1) is 17.6. The smallest absolute Gasteiger partial charge is 0.365 e. The third kappa shape index (κ3) is 4.66. The van der Waals surface area contributed by atoms with Crippen LogP contribution in [0.5, 0.6) is 0 Å². The molecule has 202 valence electrons. The minimum atomic E-state index is -4.77. The maximum atomic E-state index is 13.7. The van der Waals surface area contributed by atoms with Crippen LogP contribution in [0.2, 0.25) is 0 Å². The summed E-state index contributed by atoms with van der Waals surface area (Å²) >= 11 is 3.58. The Hall–Kier alpha value is -3.40. The van der Waals surface area contributed by atoms with Crippen molar-refractivity contribution >= 4 is 55.0 Å². The van der Waals surface area contributed by atoms with Gasteiger partial charge >= 0.3 is 6.18 Å². The van der Waals surface area contributed by atoms with E-state index in [1.165, 1.54) is 24.7 Å². The quantitative estimate of drug-likeness (QED) is 0.275. The van der Waals surface area contributed by atoms with Crippen LogP contribution < -0.4 is 11.1 Å². The predicted octanol–water partition coefficient (Wildman–Crippen LogP) is 5.53. The molecule has 1 atom stereocenters. The van der Waals surface area contributed by atoms with Gasteiger partial charge in [0.2, 0.25) is 5.91 Å². The van der Waals surface area contributed by atoms with Crippen molar-refractivity contribution < 1.29 is 31.5 Å². The topological polar surface area (TPSA) is 121 Å². The summed E-state index contributed by atoms with van der Waals surface area (Å²) in [5.74, 6) is -1.79. The molecule has 4 aromatic rings. The number of nitrogens with two attached hydrogens (primary N) is 1. The van der Waals surface area contributed by atoms with Crippen LogP contribution in [-0.4, -0.2) is 36.4 Å². The van der Waals surface area contributed by atoms with E-state index in [1.807, 2.05) is 0 Å². The number of pyridine rings is 1. The molecule has 0 spiro atoms. The second-order valence-electron chi connectivity index (χ2n) is 8.37. The van der Waals surface area contributed by atoms with Crippen LogP contribution in [-0.2, 0) is 18.0 Å². The number of hydrogen-bond donors (Lipinski definition) is 2. The first-order valence-corrected chi connectivity index (χ1v) is 12.4. The van der Waals surface area contributed by atoms with Gasteiger partial charge in [-0.15, -0.1) is 11.3 Å². The van der Waals surface area contributed by atoms with E-state index in [0.717, 1.165) is 10.7 Å². The minimum Gasteiger partial charge on any atom is -0.365 e. The molecule has 0 aliphatic rings. The molecule has 4 rings (SSSR count). The van der Waals surface area contributed by atoms with Crippen molar-refractivity contribution in [2.75, 3.05) is 5.32 Å². The van der Waals surface area contributed by atoms with E-state index in [9.17, 15) is 31.5 Å². The molecule has 0 aliphatic carbocycles. The third-order valence-corrected chi connectivity index (χ3v) is 8.04. The lowest BCUT2D eigenvalue weighted by molar-refractivity contribution is -0.142. The number of anilines is 1. The maximum Gasteiger partial charge on any atom is 0.436 e. The number of hydrogen-bond acceptors (Lipinski definition) is 6. The number of nitrogens with one attached hydrogen (secondary N) is 1. The largest absolute Gasteiger partial charge is 0.436 e. The summed E-state index contributed by atoms with van der Waals surface area (Å²) in [7, 11) is 1.65. The molecule has 0 saturated carbocycles. The standard InChI is InChI=1S/C22H19BrF5N7O2S/c1-7-11(6-30-34(7)4)10-5-12(18(24)25)31-21-13(10)15(16(38-21)19(29)36)32-20(37)9(3)35-8(2)14(23)17(33-35)22(26,27)28/h5-6,9,18H,1-4H3,(H2,29,36)(H,32,37). The SMILES string of the molecule is Cc1c(-c2cc(C(F)F)nc3sc(C(N)=O)c(NC(=O)C(C)n4nc(C(F)(F)F)c(Br)c4C)c23)cnn1C.